The smallest absolute Gasteiger partial charge is 0.0351 e. The first-order chi connectivity index (χ1) is 8.79. The number of fused-ring (bicyclic) bond motifs is 1. The zero-order chi connectivity index (χ0) is 12.5. The van der Waals surface area contributed by atoms with Gasteiger partial charge in [0.2, 0.25) is 0 Å². The fraction of sp³-hybridized carbons (Fsp3) is 0.647. The molecule has 1 nitrogen and oxygen atoms in total. The van der Waals surface area contributed by atoms with Gasteiger partial charge in [0.05, 0.1) is 0 Å². The van der Waals surface area contributed by atoms with Gasteiger partial charge in [0.1, 0.15) is 0 Å². The average molecular weight is 243 g/mol. The molecule has 1 heteroatoms. The second kappa shape index (κ2) is 5.05. The highest BCUT2D eigenvalue weighted by Gasteiger charge is 2.48. The van der Waals surface area contributed by atoms with Crippen LogP contribution < -0.4 is 5.32 Å². The molecule has 2 saturated carbocycles. The van der Waals surface area contributed by atoms with Crippen LogP contribution in [0.3, 0.4) is 0 Å². The van der Waals surface area contributed by atoms with Crippen molar-refractivity contribution in [3.63, 3.8) is 0 Å². The summed E-state index contributed by atoms with van der Waals surface area (Å²) >= 11 is 0. The van der Waals surface area contributed by atoms with E-state index in [1.165, 1.54) is 36.8 Å². The van der Waals surface area contributed by atoms with E-state index in [2.05, 4.69) is 43.4 Å². The quantitative estimate of drug-likeness (QED) is 0.821. The van der Waals surface area contributed by atoms with Gasteiger partial charge in [0, 0.05) is 6.04 Å². The van der Waals surface area contributed by atoms with Crippen LogP contribution in [-0.4, -0.2) is 6.54 Å². The van der Waals surface area contributed by atoms with Crippen molar-refractivity contribution < 1.29 is 0 Å². The van der Waals surface area contributed by atoms with Crippen molar-refractivity contribution in [3.8, 4) is 0 Å². The standard InChI is InChI=1S/C17H25N/c1-3-8-18-17(15-10-13-9-14(13)11-15)16-7-5-4-6-12(16)2/h4-7,13-15,17-18H,3,8-11H2,1-2H3. The third-order valence-electron chi connectivity index (χ3n) is 4.89. The molecular formula is C17H25N. The van der Waals surface area contributed by atoms with E-state index >= 15 is 0 Å². The van der Waals surface area contributed by atoms with Crippen LogP contribution in [-0.2, 0) is 0 Å². The second-order valence-corrected chi connectivity index (χ2v) is 6.28. The number of rotatable bonds is 5. The van der Waals surface area contributed by atoms with Crippen molar-refractivity contribution in [2.24, 2.45) is 17.8 Å². The lowest BCUT2D eigenvalue weighted by atomic mass is 9.87. The minimum absolute atomic E-state index is 0.596. The van der Waals surface area contributed by atoms with Gasteiger partial charge in [-0.2, -0.15) is 0 Å². The summed E-state index contributed by atoms with van der Waals surface area (Å²) in [5.41, 5.74) is 2.99. The Morgan fingerprint density at radius 3 is 2.56 bits per heavy atom. The maximum absolute atomic E-state index is 3.81. The predicted octanol–water partition coefficient (Wildman–Crippen LogP) is 4.08. The summed E-state index contributed by atoms with van der Waals surface area (Å²) in [6.07, 6.45) is 5.66. The lowest BCUT2D eigenvalue weighted by Gasteiger charge is -2.28. The van der Waals surface area contributed by atoms with Gasteiger partial charge in [-0.05, 0) is 68.0 Å². The van der Waals surface area contributed by atoms with Crippen molar-refractivity contribution in [1.29, 1.82) is 0 Å². The predicted molar refractivity (Wildman–Crippen MR) is 76.5 cm³/mol. The molecule has 98 valence electrons. The van der Waals surface area contributed by atoms with Crippen molar-refractivity contribution in [2.45, 2.75) is 45.6 Å². The third-order valence-corrected chi connectivity index (χ3v) is 4.89. The van der Waals surface area contributed by atoms with Gasteiger partial charge in [-0.1, -0.05) is 31.2 Å². The van der Waals surface area contributed by atoms with Crippen LogP contribution in [0.1, 0.15) is 49.8 Å². The van der Waals surface area contributed by atoms with Gasteiger partial charge in [-0.15, -0.1) is 0 Å². The Labute approximate surface area is 111 Å². The second-order valence-electron chi connectivity index (χ2n) is 6.28. The Morgan fingerprint density at radius 2 is 1.89 bits per heavy atom. The summed E-state index contributed by atoms with van der Waals surface area (Å²) in [4.78, 5) is 0. The topological polar surface area (TPSA) is 12.0 Å². The van der Waals surface area contributed by atoms with Crippen molar-refractivity contribution >= 4 is 0 Å². The van der Waals surface area contributed by atoms with E-state index < -0.39 is 0 Å². The van der Waals surface area contributed by atoms with Gasteiger partial charge in [-0.3, -0.25) is 0 Å². The summed E-state index contributed by atoms with van der Waals surface area (Å²) in [5, 5.41) is 3.81. The van der Waals surface area contributed by atoms with E-state index in [4.69, 9.17) is 0 Å². The van der Waals surface area contributed by atoms with E-state index in [0.717, 1.165) is 24.3 Å². The van der Waals surface area contributed by atoms with Crippen LogP contribution in [0.4, 0.5) is 0 Å². The highest BCUT2D eigenvalue weighted by atomic mass is 14.9. The molecule has 1 aromatic rings. The molecule has 2 fully saturated rings. The number of hydrogen-bond acceptors (Lipinski definition) is 1. The Hall–Kier alpha value is -0.820. The normalized spacial score (nSPS) is 31.1. The van der Waals surface area contributed by atoms with Crippen LogP contribution >= 0.6 is 0 Å². The Bertz CT molecular complexity index is 402. The summed E-state index contributed by atoms with van der Waals surface area (Å²) < 4.78 is 0. The molecule has 0 heterocycles. The van der Waals surface area contributed by atoms with Crippen LogP contribution in [0.5, 0.6) is 0 Å². The molecule has 2 aliphatic carbocycles. The highest BCUT2D eigenvalue weighted by molar-refractivity contribution is 5.30. The maximum atomic E-state index is 3.81. The summed E-state index contributed by atoms with van der Waals surface area (Å²) in [7, 11) is 0. The molecule has 3 rings (SSSR count). The molecule has 3 atom stereocenters. The van der Waals surface area contributed by atoms with Crippen molar-refractivity contribution in [3.05, 3.63) is 35.4 Å². The van der Waals surface area contributed by atoms with Gasteiger partial charge in [0.25, 0.3) is 0 Å². The van der Waals surface area contributed by atoms with E-state index in [1.807, 2.05) is 0 Å². The molecule has 0 radical (unpaired) electrons. The van der Waals surface area contributed by atoms with Crippen LogP contribution in [0.15, 0.2) is 24.3 Å². The SMILES string of the molecule is CCCNC(c1ccccc1C)C1CC2CC2C1. The maximum Gasteiger partial charge on any atom is 0.0351 e. The summed E-state index contributed by atoms with van der Waals surface area (Å²) in [6, 6.07) is 9.53. The monoisotopic (exact) mass is 243 g/mol. The van der Waals surface area contributed by atoms with E-state index in [-0.39, 0.29) is 0 Å². The zero-order valence-electron chi connectivity index (χ0n) is 11.7. The van der Waals surface area contributed by atoms with Crippen molar-refractivity contribution in [2.75, 3.05) is 6.54 Å². The fourth-order valence-electron chi connectivity index (χ4n) is 3.80. The van der Waals surface area contributed by atoms with Gasteiger partial charge < -0.3 is 5.32 Å². The number of nitrogens with one attached hydrogen (secondary N) is 1. The molecule has 0 aromatic heterocycles. The highest BCUT2D eigenvalue weighted by Crippen LogP contribution is 2.57. The number of hydrogen-bond donors (Lipinski definition) is 1. The number of aryl methyl sites for hydroxylation is 1. The zero-order valence-corrected chi connectivity index (χ0v) is 11.7. The molecule has 1 N–H and O–H groups in total. The summed E-state index contributed by atoms with van der Waals surface area (Å²) in [5.74, 6) is 3.02. The van der Waals surface area contributed by atoms with Crippen LogP contribution in [0.2, 0.25) is 0 Å². The minimum Gasteiger partial charge on any atom is -0.310 e. The molecule has 18 heavy (non-hydrogen) atoms. The molecule has 0 saturated heterocycles. The molecule has 0 bridgehead atoms. The van der Waals surface area contributed by atoms with Crippen LogP contribution in [0, 0.1) is 24.7 Å². The first-order valence-electron chi connectivity index (χ1n) is 7.58. The fourth-order valence-corrected chi connectivity index (χ4v) is 3.80. The summed E-state index contributed by atoms with van der Waals surface area (Å²) in [6.45, 7) is 5.66. The molecule has 3 unspecified atom stereocenters. The lowest BCUT2D eigenvalue weighted by Crippen LogP contribution is -2.29. The van der Waals surface area contributed by atoms with Crippen molar-refractivity contribution in [1.82, 2.24) is 5.32 Å². The van der Waals surface area contributed by atoms with E-state index in [9.17, 15) is 0 Å². The molecule has 0 amide bonds. The van der Waals surface area contributed by atoms with Crippen LogP contribution in [0.25, 0.3) is 0 Å². The molecule has 0 spiro atoms. The molecule has 0 aliphatic heterocycles. The molecule has 2 aliphatic rings. The van der Waals surface area contributed by atoms with Gasteiger partial charge in [0.15, 0.2) is 0 Å². The largest absolute Gasteiger partial charge is 0.310 e. The Kier molecular flexibility index (Phi) is 3.43. The Morgan fingerprint density at radius 1 is 1.17 bits per heavy atom. The molecule has 1 aromatic carbocycles. The molecular weight excluding hydrogens is 218 g/mol. The third kappa shape index (κ3) is 2.33. The van der Waals surface area contributed by atoms with Gasteiger partial charge in [-0.25, -0.2) is 0 Å². The minimum atomic E-state index is 0.596. The number of benzene rings is 1. The van der Waals surface area contributed by atoms with E-state index in [1.54, 1.807) is 0 Å². The lowest BCUT2D eigenvalue weighted by molar-refractivity contribution is 0.341. The van der Waals surface area contributed by atoms with Gasteiger partial charge >= 0.3 is 0 Å². The van der Waals surface area contributed by atoms with E-state index in [0.29, 0.717) is 6.04 Å². The first-order valence-corrected chi connectivity index (χ1v) is 7.58. The Balaban J connectivity index is 1.78. The first kappa shape index (κ1) is 12.2. The average Bonchev–Trinajstić information content (AvgIpc) is 2.99.